The summed E-state index contributed by atoms with van der Waals surface area (Å²) in [5.74, 6) is -2.03. The molecule has 4 rings (SSSR count). The number of ether oxygens (including phenoxy) is 1. The van der Waals surface area contributed by atoms with Gasteiger partial charge in [0.15, 0.2) is 0 Å². The van der Waals surface area contributed by atoms with Gasteiger partial charge in [-0.2, -0.15) is 13.2 Å². The number of amides is 3. The van der Waals surface area contributed by atoms with Crippen molar-refractivity contribution in [3.63, 3.8) is 0 Å². The third-order valence-corrected chi connectivity index (χ3v) is 7.99. The van der Waals surface area contributed by atoms with Crippen molar-refractivity contribution in [3.05, 3.63) is 29.8 Å². The number of piperidine rings is 1. The molecule has 10 heteroatoms. The molecular formula is C25H32F3N3O4. The smallest absolute Gasteiger partial charge is 0.469 e. The minimum absolute atomic E-state index is 0.0375. The van der Waals surface area contributed by atoms with Gasteiger partial charge in [0.25, 0.3) is 0 Å². The Labute approximate surface area is 203 Å². The van der Waals surface area contributed by atoms with E-state index in [4.69, 9.17) is 4.74 Å². The van der Waals surface area contributed by atoms with Gasteiger partial charge in [0.2, 0.25) is 0 Å². The lowest BCUT2D eigenvalue weighted by molar-refractivity contribution is -0.186. The number of nitrogens with zero attached hydrogens (tertiary/aromatic N) is 3. The highest BCUT2D eigenvalue weighted by Gasteiger charge is 2.45. The monoisotopic (exact) mass is 495 g/mol. The van der Waals surface area contributed by atoms with Crippen LogP contribution in [0.25, 0.3) is 0 Å². The molecule has 7 nitrogen and oxygen atoms in total. The fraction of sp³-hybridized carbons (Fsp3) is 0.640. The summed E-state index contributed by atoms with van der Waals surface area (Å²) in [6, 6.07) is 7.75. The molecule has 1 saturated carbocycles. The van der Waals surface area contributed by atoms with Gasteiger partial charge >= 0.3 is 24.1 Å². The molecular weight excluding hydrogens is 463 g/mol. The third-order valence-electron chi connectivity index (χ3n) is 7.99. The van der Waals surface area contributed by atoms with Gasteiger partial charge in [0.05, 0.1) is 13.0 Å². The van der Waals surface area contributed by atoms with E-state index in [1.807, 2.05) is 36.1 Å². The summed E-state index contributed by atoms with van der Waals surface area (Å²) in [6.07, 6.45) is -0.945. The lowest BCUT2D eigenvalue weighted by atomic mass is 9.74. The Balaban J connectivity index is 1.35. The summed E-state index contributed by atoms with van der Waals surface area (Å²) in [6.45, 7) is 3.35. The summed E-state index contributed by atoms with van der Waals surface area (Å²) < 4.78 is 43.1. The first-order valence-corrected chi connectivity index (χ1v) is 12.2. The molecule has 0 bridgehead atoms. The van der Waals surface area contributed by atoms with Crippen LogP contribution in [0.4, 0.5) is 23.7 Å². The van der Waals surface area contributed by atoms with Crippen molar-refractivity contribution < 1.29 is 32.3 Å². The second kappa shape index (κ2) is 9.70. The average Bonchev–Trinajstić information content (AvgIpc) is 3.24. The normalized spacial score (nSPS) is 25.1. The van der Waals surface area contributed by atoms with Crippen LogP contribution in [0, 0.1) is 5.92 Å². The highest BCUT2D eigenvalue weighted by molar-refractivity contribution is 5.94. The number of hydrogen-bond acceptors (Lipinski definition) is 4. The topological polar surface area (TPSA) is 70.2 Å². The molecule has 3 fully saturated rings. The standard InChI is InChI=1S/C25H32F3N3O4/c1-24(11-13-29(14-12-24)22(33)25(26,27)28)18-5-9-20(10-6-18)31-16-15-30(23(31)34)19-7-3-17(4-8-19)21(32)35-2/h5-6,9-10,17,19H,3-4,7-8,11-16H2,1-2H3. The molecule has 2 aliphatic heterocycles. The van der Waals surface area contributed by atoms with Crippen molar-refractivity contribution in [3.8, 4) is 0 Å². The maximum absolute atomic E-state index is 13.1. The zero-order valence-electron chi connectivity index (χ0n) is 20.1. The number of methoxy groups -OCH3 is 1. The van der Waals surface area contributed by atoms with Crippen LogP contribution in [0.3, 0.4) is 0 Å². The summed E-state index contributed by atoms with van der Waals surface area (Å²) in [5.41, 5.74) is 1.45. The number of anilines is 1. The van der Waals surface area contributed by atoms with Gasteiger partial charge in [0, 0.05) is 37.9 Å². The number of carbonyl (C=O) groups is 3. The molecule has 2 heterocycles. The first kappa shape index (κ1) is 25.3. The first-order valence-electron chi connectivity index (χ1n) is 12.2. The molecule has 0 atom stereocenters. The van der Waals surface area contributed by atoms with Crippen molar-refractivity contribution >= 4 is 23.6 Å². The number of carbonyl (C=O) groups excluding carboxylic acids is 3. The van der Waals surface area contributed by atoms with Crippen LogP contribution in [0.5, 0.6) is 0 Å². The average molecular weight is 496 g/mol. The number of likely N-dealkylation sites (tertiary alicyclic amines) is 1. The molecule has 35 heavy (non-hydrogen) atoms. The van der Waals surface area contributed by atoms with Gasteiger partial charge < -0.3 is 14.5 Å². The second-order valence-corrected chi connectivity index (χ2v) is 10.1. The molecule has 1 aromatic carbocycles. The maximum atomic E-state index is 13.1. The van der Waals surface area contributed by atoms with E-state index in [2.05, 4.69) is 0 Å². The van der Waals surface area contributed by atoms with E-state index in [0.717, 1.165) is 41.8 Å². The van der Waals surface area contributed by atoms with Crippen molar-refractivity contribution in [2.75, 3.05) is 38.2 Å². The molecule has 1 aromatic rings. The largest absolute Gasteiger partial charge is 0.471 e. The molecule has 0 radical (unpaired) electrons. The number of halogens is 3. The van der Waals surface area contributed by atoms with E-state index < -0.39 is 12.1 Å². The fourth-order valence-corrected chi connectivity index (χ4v) is 5.64. The fourth-order valence-electron chi connectivity index (χ4n) is 5.64. The van der Waals surface area contributed by atoms with Crippen LogP contribution < -0.4 is 4.90 Å². The second-order valence-electron chi connectivity index (χ2n) is 10.1. The van der Waals surface area contributed by atoms with Crippen molar-refractivity contribution in [1.82, 2.24) is 9.80 Å². The number of urea groups is 1. The van der Waals surface area contributed by atoms with Crippen molar-refractivity contribution in [2.24, 2.45) is 5.92 Å². The summed E-state index contributed by atoms with van der Waals surface area (Å²) in [4.78, 5) is 41.0. The van der Waals surface area contributed by atoms with Gasteiger partial charge in [-0.1, -0.05) is 19.1 Å². The van der Waals surface area contributed by atoms with Crippen LogP contribution in [0.2, 0.25) is 0 Å². The quantitative estimate of drug-likeness (QED) is 0.590. The molecule has 0 unspecified atom stereocenters. The highest BCUT2D eigenvalue weighted by Crippen LogP contribution is 2.38. The van der Waals surface area contributed by atoms with E-state index in [0.29, 0.717) is 25.9 Å². The molecule has 2 saturated heterocycles. The van der Waals surface area contributed by atoms with E-state index in [1.54, 1.807) is 4.90 Å². The number of rotatable bonds is 4. The number of benzene rings is 1. The van der Waals surface area contributed by atoms with Crippen molar-refractivity contribution in [2.45, 2.75) is 63.1 Å². The minimum atomic E-state index is -4.84. The first-order chi connectivity index (χ1) is 16.5. The molecule has 0 N–H and O–H groups in total. The van der Waals surface area contributed by atoms with Crippen molar-refractivity contribution in [1.29, 1.82) is 0 Å². The van der Waals surface area contributed by atoms with Crippen LogP contribution in [-0.2, 0) is 19.7 Å². The van der Waals surface area contributed by atoms with Gasteiger partial charge in [-0.3, -0.25) is 14.5 Å². The lowest BCUT2D eigenvalue weighted by Crippen LogP contribution is -2.48. The predicted octanol–water partition coefficient (Wildman–Crippen LogP) is 4.10. The van der Waals surface area contributed by atoms with E-state index >= 15 is 0 Å². The highest BCUT2D eigenvalue weighted by atomic mass is 19.4. The van der Waals surface area contributed by atoms with E-state index in [9.17, 15) is 27.6 Å². The van der Waals surface area contributed by atoms with E-state index in [-0.39, 0.29) is 42.5 Å². The number of alkyl halides is 3. The van der Waals surface area contributed by atoms with Crippen LogP contribution in [0.15, 0.2) is 24.3 Å². The van der Waals surface area contributed by atoms with Gasteiger partial charge in [0.1, 0.15) is 0 Å². The van der Waals surface area contributed by atoms with Crippen LogP contribution in [0.1, 0.15) is 51.0 Å². The van der Waals surface area contributed by atoms with Gasteiger partial charge in [-0.15, -0.1) is 0 Å². The predicted molar refractivity (Wildman–Crippen MR) is 123 cm³/mol. The lowest BCUT2D eigenvalue weighted by Gasteiger charge is -2.40. The van der Waals surface area contributed by atoms with Crippen LogP contribution >= 0.6 is 0 Å². The molecule has 1 aliphatic carbocycles. The summed E-state index contributed by atoms with van der Waals surface area (Å²) in [5, 5.41) is 0. The number of esters is 1. The molecule has 0 spiro atoms. The molecule has 192 valence electrons. The Morgan fingerprint density at radius 2 is 1.57 bits per heavy atom. The Morgan fingerprint density at radius 3 is 2.11 bits per heavy atom. The van der Waals surface area contributed by atoms with Gasteiger partial charge in [-0.05, 0) is 61.6 Å². The Bertz CT molecular complexity index is 950. The Hall–Kier alpha value is -2.78. The maximum Gasteiger partial charge on any atom is 0.471 e. The van der Waals surface area contributed by atoms with Gasteiger partial charge in [-0.25, -0.2) is 4.79 Å². The Kier molecular flexibility index (Phi) is 7.02. The minimum Gasteiger partial charge on any atom is -0.469 e. The van der Waals surface area contributed by atoms with E-state index in [1.165, 1.54) is 7.11 Å². The molecule has 3 amide bonds. The number of hydrogen-bond donors (Lipinski definition) is 0. The van der Waals surface area contributed by atoms with Crippen LogP contribution in [-0.4, -0.2) is 73.2 Å². The molecule has 3 aliphatic rings. The Morgan fingerprint density at radius 1 is 0.971 bits per heavy atom. The summed E-state index contributed by atoms with van der Waals surface area (Å²) >= 11 is 0. The summed E-state index contributed by atoms with van der Waals surface area (Å²) in [7, 11) is 1.40. The zero-order valence-corrected chi connectivity index (χ0v) is 20.1. The third kappa shape index (κ3) is 5.11. The molecule has 0 aromatic heterocycles. The zero-order chi connectivity index (χ0) is 25.4. The SMILES string of the molecule is COC(=O)C1CCC(N2CCN(c3ccc(C4(C)CCN(C(=O)C(F)(F)F)CC4)cc3)C2=O)CC1.